The van der Waals surface area contributed by atoms with E-state index in [2.05, 4.69) is 23.3 Å². The van der Waals surface area contributed by atoms with Gasteiger partial charge in [-0.3, -0.25) is 0 Å². The Morgan fingerprint density at radius 2 is 1.25 bits per heavy atom. The van der Waals surface area contributed by atoms with E-state index in [0.29, 0.717) is 12.8 Å². The summed E-state index contributed by atoms with van der Waals surface area (Å²) in [5, 5.41) is 0. The van der Waals surface area contributed by atoms with E-state index in [1.807, 2.05) is 20.8 Å². The topological polar surface area (TPSA) is 92.3 Å². The fraction of sp³-hybridized carbons (Fsp3) is 0.500. The Hall–Kier alpha value is -1.74. The van der Waals surface area contributed by atoms with Gasteiger partial charge in [0.05, 0.1) is 9.79 Å². The van der Waals surface area contributed by atoms with E-state index in [0.717, 1.165) is 17.5 Å². The number of rotatable bonds is 7. The van der Waals surface area contributed by atoms with Crippen molar-refractivity contribution in [3.8, 4) is 0 Å². The summed E-state index contributed by atoms with van der Waals surface area (Å²) in [5.41, 5.74) is 1.47. The van der Waals surface area contributed by atoms with Crippen molar-refractivity contribution in [2.75, 3.05) is 6.54 Å². The first-order valence-corrected chi connectivity index (χ1v) is 13.8. The molecule has 2 atom stereocenters. The normalized spacial score (nSPS) is 23.7. The minimum atomic E-state index is -3.66. The molecule has 0 saturated heterocycles. The molecule has 0 heterocycles. The zero-order valence-electron chi connectivity index (χ0n) is 19.5. The van der Waals surface area contributed by atoms with Crippen molar-refractivity contribution in [3.63, 3.8) is 0 Å². The van der Waals surface area contributed by atoms with E-state index in [9.17, 15) is 16.8 Å². The summed E-state index contributed by atoms with van der Waals surface area (Å²) in [4.78, 5) is 0.478. The number of hydrogen-bond acceptors (Lipinski definition) is 4. The fourth-order valence-corrected chi connectivity index (χ4v) is 7.36. The van der Waals surface area contributed by atoms with Gasteiger partial charge in [0.2, 0.25) is 20.0 Å². The van der Waals surface area contributed by atoms with Gasteiger partial charge in [-0.15, -0.1) is 0 Å². The monoisotopic (exact) mass is 478 g/mol. The molecule has 0 amide bonds. The Labute approximate surface area is 192 Å². The lowest BCUT2D eigenvalue weighted by atomic mass is 9.63. The SMILES string of the molecule is Cc1ccc(S(=O)(=O)NC[C@]2(C)C[C@H](NS(=O)(=O)c3ccc(C)cc3)CC(C)(C)C2)cc1. The van der Waals surface area contributed by atoms with Crippen LogP contribution < -0.4 is 9.44 Å². The average molecular weight is 479 g/mol. The number of nitrogens with one attached hydrogen (secondary N) is 2. The molecule has 0 aromatic heterocycles. The number of aryl methyl sites for hydroxylation is 2. The van der Waals surface area contributed by atoms with E-state index in [4.69, 9.17) is 0 Å². The summed E-state index contributed by atoms with van der Waals surface area (Å²) in [6, 6.07) is 13.3. The molecule has 8 heteroatoms. The van der Waals surface area contributed by atoms with Gasteiger partial charge < -0.3 is 0 Å². The average Bonchev–Trinajstić information content (AvgIpc) is 2.65. The zero-order valence-corrected chi connectivity index (χ0v) is 21.1. The number of sulfonamides is 2. The second-order valence-corrected chi connectivity index (χ2v) is 13.8. The Morgan fingerprint density at radius 1 is 0.781 bits per heavy atom. The number of hydrogen-bond donors (Lipinski definition) is 2. The molecule has 2 aromatic rings. The summed E-state index contributed by atoms with van der Waals surface area (Å²) < 4.78 is 57.1. The van der Waals surface area contributed by atoms with Crippen molar-refractivity contribution in [2.45, 2.75) is 69.7 Å². The molecule has 6 nitrogen and oxygen atoms in total. The lowest BCUT2D eigenvalue weighted by Gasteiger charge is -2.46. The van der Waals surface area contributed by atoms with Crippen LogP contribution in [0.4, 0.5) is 0 Å². The first-order valence-electron chi connectivity index (χ1n) is 10.9. The number of benzene rings is 2. The first kappa shape index (κ1) is 24.9. The third-order valence-corrected chi connectivity index (χ3v) is 9.07. The molecular weight excluding hydrogens is 444 g/mol. The second-order valence-electron chi connectivity index (χ2n) is 10.3. The molecule has 0 radical (unpaired) electrons. The maximum Gasteiger partial charge on any atom is 0.240 e. The van der Waals surface area contributed by atoms with E-state index in [1.165, 1.54) is 0 Å². The molecule has 2 aromatic carbocycles. The summed E-state index contributed by atoms with van der Waals surface area (Å²) in [7, 11) is -7.30. The Morgan fingerprint density at radius 3 is 1.75 bits per heavy atom. The third-order valence-electron chi connectivity index (χ3n) is 6.12. The Balaban J connectivity index is 1.75. The van der Waals surface area contributed by atoms with Gasteiger partial charge in [-0.1, -0.05) is 56.2 Å². The van der Waals surface area contributed by atoms with Gasteiger partial charge in [0.1, 0.15) is 0 Å². The molecule has 1 aliphatic rings. The maximum absolute atomic E-state index is 12.9. The minimum absolute atomic E-state index is 0.136. The van der Waals surface area contributed by atoms with Crippen LogP contribution in [0.2, 0.25) is 0 Å². The van der Waals surface area contributed by atoms with Crippen molar-refractivity contribution in [3.05, 3.63) is 59.7 Å². The van der Waals surface area contributed by atoms with E-state index < -0.39 is 20.0 Å². The lowest BCUT2D eigenvalue weighted by molar-refractivity contribution is 0.0821. The molecule has 0 unspecified atom stereocenters. The van der Waals surface area contributed by atoms with Gasteiger partial charge >= 0.3 is 0 Å². The van der Waals surface area contributed by atoms with Crippen LogP contribution >= 0.6 is 0 Å². The standard InChI is InChI=1S/C24H34N2O4S2/c1-18-6-10-21(11-7-18)31(27,28)25-17-24(5)15-20(14-23(3,4)16-24)26-32(29,30)22-12-8-19(2)9-13-22/h6-13,20,25-26H,14-17H2,1-5H3/t20-,24-/m1/s1. The lowest BCUT2D eigenvalue weighted by Crippen LogP contribution is -2.50. The van der Waals surface area contributed by atoms with Crippen LogP contribution in [0.5, 0.6) is 0 Å². The molecule has 1 saturated carbocycles. The molecule has 0 spiro atoms. The largest absolute Gasteiger partial charge is 0.240 e. The first-order chi connectivity index (χ1) is 14.7. The van der Waals surface area contributed by atoms with Gasteiger partial charge in [0, 0.05) is 12.6 Å². The van der Waals surface area contributed by atoms with Crippen molar-refractivity contribution < 1.29 is 16.8 Å². The molecule has 2 N–H and O–H groups in total. The quantitative estimate of drug-likeness (QED) is 0.625. The summed E-state index contributed by atoms with van der Waals surface area (Å²) in [5.74, 6) is 0. The van der Waals surface area contributed by atoms with Crippen LogP contribution in [0.1, 0.15) is 51.2 Å². The van der Waals surface area contributed by atoms with Gasteiger partial charge in [-0.25, -0.2) is 26.3 Å². The summed E-state index contributed by atoms with van der Waals surface area (Å²) in [6.07, 6.45) is 2.04. The molecule has 32 heavy (non-hydrogen) atoms. The second kappa shape index (κ2) is 8.89. The molecular formula is C24H34N2O4S2. The van der Waals surface area contributed by atoms with Gasteiger partial charge in [-0.05, 0) is 68.2 Å². The highest BCUT2D eigenvalue weighted by molar-refractivity contribution is 7.89. The summed E-state index contributed by atoms with van der Waals surface area (Å²) >= 11 is 0. The van der Waals surface area contributed by atoms with E-state index in [-0.39, 0.29) is 33.2 Å². The van der Waals surface area contributed by atoms with Gasteiger partial charge in [0.15, 0.2) is 0 Å². The molecule has 176 valence electrons. The fourth-order valence-electron chi connectivity index (χ4n) is 4.93. The maximum atomic E-state index is 12.9. The van der Waals surface area contributed by atoms with E-state index >= 15 is 0 Å². The minimum Gasteiger partial charge on any atom is -0.211 e. The molecule has 1 aliphatic carbocycles. The Kier molecular flexibility index (Phi) is 6.92. The van der Waals surface area contributed by atoms with Crippen LogP contribution in [-0.2, 0) is 20.0 Å². The molecule has 1 fully saturated rings. The van der Waals surface area contributed by atoms with Crippen LogP contribution in [0.15, 0.2) is 58.3 Å². The molecule has 0 bridgehead atoms. The van der Waals surface area contributed by atoms with Crippen LogP contribution in [-0.4, -0.2) is 29.4 Å². The van der Waals surface area contributed by atoms with E-state index in [1.54, 1.807) is 48.5 Å². The zero-order chi connectivity index (χ0) is 23.8. The predicted octanol–water partition coefficient (Wildman–Crippen LogP) is 4.15. The predicted molar refractivity (Wildman–Crippen MR) is 127 cm³/mol. The molecule has 0 aliphatic heterocycles. The van der Waals surface area contributed by atoms with Crippen molar-refractivity contribution in [1.82, 2.24) is 9.44 Å². The van der Waals surface area contributed by atoms with Crippen LogP contribution in [0.25, 0.3) is 0 Å². The summed E-state index contributed by atoms with van der Waals surface area (Å²) in [6.45, 7) is 10.3. The van der Waals surface area contributed by atoms with Crippen molar-refractivity contribution in [2.24, 2.45) is 10.8 Å². The van der Waals surface area contributed by atoms with Gasteiger partial charge in [-0.2, -0.15) is 0 Å². The van der Waals surface area contributed by atoms with Gasteiger partial charge in [0.25, 0.3) is 0 Å². The Bertz CT molecular complexity index is 1160. The highest BCUT2D eigenvalue weighted by Crippen LogP contribution is 2.46. The van der Waals surface area contributed by atoms with Crippen molar-refractivity contribution >= 4 is 20.0 Å². The smallest absolute Gasteiger partial charge is 0.211 e. The highest BCUT2D eigenvalue weighted by Gasteiger charge is 2.43. The third kappa shape index (κ3) is 6.19. The van der Waals surface area contributed by atoms with Crippen LogP contribution in [0.3, 0.4) is 0 Å². The van der Waals surface area contributed by atoms with Crippen molar-refractivity contribution in [1.29, 1.82) is 0 Å². The highest BCUT2D eigenvalue weighted by atomic mass is 32.2. The van der Waals surface area contributed by atoms with Crippen LogP contribution in [0, 0.1) is 24.7 Å². The molecule has 3 rings (SSSR count).